The molecule has 21 heavy (non-hydrogen) atoms. The van der Waals surface area contributed by atoms with Gasteiger partial charge in [-0.2, -0.15) is 0 Å². The summed E-state index contributed by atoms with van der Waals surface area (Å²) in [5.74, 6) is -0.0930. The summed E-state index contributed by atoms with van der Waals surface area (Å²) in [5, 5.41) is 7.19. The monoisotopic (exact) mass is 287 g/mol. The molecule has 0 radical (unpaired) electrons. The number of hydrogen-bond acceptors (Lipinski definition) is 3. The van der Waals surface area contributed by atoms with Crippen molar-refractivity contribution < 1.29 is 19.5 Å². The van der Waals surface area contributed by atoms with Crippen LogP contribution in [-0.4, -0.2) is 22.8 Å². The second-order valence-electron chi connectivity index (χ2n) is 4.71. The first-order chi connectivity index (χ1) is 9.84. The summed E-state index contributed by atoms with van der Waals surface area (Å²) >= 11 is 0. The van der Waals surface area contributed by atoms with E-state index in [2.05, 4.69) is 5.73 Å². The van der Waals surface area contributed by atoms with E-state index in [1.54, 1.807) is 0 Å². The highest BCUT2D eigenvalue weighted by atomic mass is 16.4. The number of carboxylic acid groups (broad SMARTS) is 1. The maximum atomic E-state index is 12.0. The van der Waals surface area contributed by atoms with Crippen LogP contribution in [0.1, 0.15) is 19.4 Å². The van der Waals surface area contributed by atoms with Gasteiger partial charge in [0, 0.05) is 11.1 Å². The standard InChI is InChI=1S/C15H14O2.CH3NO2/c1-10(2)14-12(16)8-9-13(17)15(14)11-6-4-3-5-7-11;2-1(3)4/h3-10H,1-2H3;2H2,(H,3,4). The van der Waals surface area contributed by atoms with Gasteiger partial charge in [0.15, 0.2) is 11.6 Å². The largest absolute Gasteiger partial charge is 0.465 e. The van der Waals surface area contributed by atoms with Crippen molar-refractivity contribution in [3.05, 3.63) is 53.6 Å². The number of rotatable bonds is 2. The summed E-state index contributed by atoms with van der Waals surface area (Å²) in [6.07, 6.45) is 1.39. The van der Waals surface area contributed by atoms with E-state index in [4.69, 9.17) is 9.90 Å². The van der Waals surface area contributed by atoms with Gasteiger partial charge in [-0.3, -0.25) is 9.59 Å². The average Bonchev–Trinajstić information content (AvgIpc) is 2.41. The summed E-state index contributed by atoms with van der Waals surface area (Å²) in [5.41, 5.74) is 6.01. The summed E-state index contributed by atoms with van der Waals surface area (Å²) in [6.45, 7) is 3.87. The average molecular weight is 287 g/mol. The molecule has 1 aromatic rings. The smallest absolute Gasteiger partial charge is 0.402 e. The van der Waals surface area contributed by atoms with Gasteiger partial charge >= 0.3 is 6.09 Å². The SMILES string of the molecule is CC(C)C1=C(c2ccccc2)C(=O)C=CC1=O.NC(=O)O. The molecule has 0 fully saturated rings. The van der Waals surface area contributed by atoms with Gasteiger partial charge in [0.25, 0.3) is 0 Å². The third-order valence-corrected chi connectivity index (χ3v) is 2.81. The Kier molecular flexibility index (Phi) is 5.60. The van der Waals surface area contributed by atoms with E-state index in [0.717, 1.165) is 5.56 Å². The molecule has 0 aliphatic heterocycles. The predicted octanol–water partition coefficient (Wildman–Crippen LogP) is 2.43. The lowest BCUT2D eigenvalue weighted by Crippen LogP contribution is -2.17. The van der Waals surface area contributed by atoms with Gasteiger partial charge in [0.1, 0.15) is 0 Å². The fourth-order valence-electron chi connectivity index (χ4n) is 2.06. The van der Waals surface area contributed by atoms with Gasteiger partial charge < -0.3 is 10.8 Å². The molecule has 0 heterocycles. The van der Waals surface area contributed by atoms with Crippen LogP contribution >= 0.6 is 0 Å². The van der Waals surface area contributed by atoms with Gasteiger partial charge in [-0.1, -0.05) is 44.2 Å². The van der Waals surface area contributed by atoms with E-state index in [1.807, 2.05) is 44.2 Å². The number of carbonyl (C=O) groups is 3. The maximum absolute atomic E-state index is 12.0. The van der Waals surface area contributed by atoms with Crippen molar-refractivity contribution in [1.82, 2.24) is 0 Å². The maximum Gasteiger partial charge on any atom is 0.402 e. The van der Waals surface area contributed by atoms with Crippen LogP contribution in [0.15, 0.2) is 48.1 Å². The summed E-state index contributed by atoms with van der Waals surface area (Å²) in [4.78, 5) is 32.6. The van der Waals surface area contributed by atoms with Gasteiger partial charge in [0.05, 0.1) is 0 Å². The number of primary amides is 1. The summed E-state index contributed by atoms with van der Waals surface area (Å²) in [7, 11) is 0. The quantitative estimate of drug-likeness (QED) is 0.816. The first kappa shape index (κ1) is 16.4. The van der Waals surface area contributed by atoms with Crippen molar-refractivity contribution in [3.63, 3.8) is 0 Å². The summed E-state index contributed by atoms with van der Waals surface area (Å²) < 4.78 is 0. The molecule has 1 aliphatic carbocycles. The molecule has 5 heteroatoms. The number of benzene rings is 1. The van der Waals surface area contributed by atoms with Crippen molar-refractivity contribution in [2.24, 2.45) is 11.7 Å². The number of amides is 1. The minimum atomic E-state index is -1.33. The number of allylic oxidation sites excluding steroid dienone is 4. The highest BCUT2D eigenvalue weighted by Crippen LogP contribution is 2.28. The lowest BCUT2D eigenvalue weighted by molar-refractivity contribution is -0.114. The van der Waals surface area contributed by atoms with Gasteiger partial charge in [-0.15, -0.1) is 0 Å². The molecule has 0 spiro atoms. The van der Waals surface area contributed by atoms with Crippen molar-refractivity contribution in [1.29, 1.82) is 0 Å². The molecular weight excluding hydrogens is 270 g/mol. The minimum absolute atomic E-state index is 0.0478. The highest BCUT2D eigenvalue weighted by Gasteiger charge is 2.25. The topological polar surface area (TPSA) is 97.5 Å². The first-order valence-corrected chi connectivity index (χ1v) is 6.39. The van der Waals surface area contributed by atoms with Crippen molar-refractivity contribution in [2.45, 2.75) is 13.8 Å². The van der Waals surface area contributed by atoms with Crippen LogP contribution in [0.3, 0.4) is 0 Å². The van der Waals surface area contributed by atoms with E-state index >= 15 is 0 Å². The lowest BCUT2D eigenvalue weighted by Gasteiger charge is -2.17. The molecular formula is C16H17NO4. The lowest BCUT2D eigenvalue weighted by atomic mass is 9.84. The molecule has 1 aliphatic rings. The van der Waals surface area contributed by atoms with Crippen LogP contribution in [-0.2, 0) is 9.59 Å². The Bertz CT molecular complexity index is 608. The van der Waals surface area contributed by atoms with Gasteiger partial charge in [-0.25, -0.2) is 4.79 Å². The Morgan fingerprint density at radius 3 is 2.00 bits per heavy atom. The third kappa shape index (κ3) is 4.42. The Morgan fingerprint density at radius 1 is 1.05 bits per heavy atom. The Hall–Kier alpha value is -2.69. The van der Waals surface area contributed by atoms with E-state index in [9.17, 15) is 9.59 Å². The molecule has 0 bridgehead atoms. The van der Waals surface area contributed by atoms with Crippen molar-refractivity contribution in [2.75, 3.05) is 0 Å². The van der Waals surface area contributed by atoms with Gasteiger partial charge in [0.2, 0.25) is 0 Å². The molecule has 5 nitrogen and oxygen atoms in total. The van der Waals surface area contributed by atoms with Crippen LogP contribution in [0.25, 0.3) is 5.57 Å². The zero-order chi connectivity index (χ0) is 16.0. The predicted molar refractivity (Wildman–Crippen MR) is 79.6 cm³/mol. The van der Waals surface area contributed by atoms with Crippen LogP contribution < -0.4 is 5.73 Å². The van der Waals surface area contributed by atoms with Crippen LogP contribution in [0.2, 0.25) is 0 Å². The van der Waals surface area contributed by atoms with Gasteiger partial charge in [-0.05, 0) is 23.6 Å². The Labute approximate surface area is 122 Å². The molecule has 0 saturated carbocycles. The second-order valence-corrected chi connectivity index (χ2v) is 4.71. The normalized spacial score (nSPS) is 14.0. The minimum Gasteiger partial charge on any atom is -0.465 e. The van der Waals surface area contributed by atoms with Crippen LogP contribution in [0.4, 0.5) is 4.79 Å². The molecule has 2 rings (SSSR count). The number of carbonyl (C=O) groups excluding carboxylic acids is 2. The highest BCUT2D eigenvalue weighted by molar-refractivity contribution is 6.36. The Balaban J connectivity index is 0.000000491. The first-order valence-electron chi connectivity index (χ1n) is 6.39. The fourth-order valence-corrected chi connectivity index (χ4v) is 2.06. The number of hydrogen-bond donors (Lipinski definition) is 2. The zero-order valence-corrected chi connectivity index (χ0v) is 11.9. The molecule has 0 saturated heterocycles. The molecule has 0 aromatic heterocycles. The molecule has 3 N–H and O–H groups in total. The van der Waals surface area contributed by atoms with E-state index in [0.29, 0.717) is 11.1 Å². The van der Waals surface area contributed by atoms with E-state index in [-0.39, 0.29) is 17.5 Å². The number of ketones is 2. The molecule has 0 atom stereocenters. The zero-order valence-electron chi connectivity index (χ0n) is 11.9. The second kappa shape index (κ2) is 7.19. The number of nitrogens with two attached hydrogens (primary N) is 1. The van der Waals surface area contributed by atoms with E-state index in [1.165, 1.54) is 12.2 Å². The third-order valence-electron chi connectivity index (χ3n) is 2.81. The van der Waals surface area contributed by atoms with Crippen molar-refractivity contribution in [3.8, 4) is 0 Å². The molecule has 110 valence electrons. The van der Waals surface area contributed by atoms with Crippen LogP contribution in [0, 0.1) is 5.92 Å². The Morgan fingerprint density at radius 2 is 1.52 bits per heavy atom. The fraction of sp³-hybridized carbons (Fsp3) is 0.188. The molecule has 1 aromatic carbocycles. The molecule has 0 unspecified atom stereocenters. The van der Waals surface area contributed by atoms with Crippen LogP contribution in [0.5, 0.6) is 0 Å². The van der Waals surface area contributed by atoms with E-state index < -0.39 is 6.09 Å². The van der Waals surface area contributed by atoms with Crippen molar-refractivity contribution >= 4 is 23.2 Å². The summed E-state index contributed by atoms with van der Waals surface area (Å²) in [6, 6.07) is 9.36. The molecule has 1 amide bonds.